The summed E-state index contributed by atoms with van der Waals surface area (Å²) in [5.74, 6) is 0. The standard InChI is InChI=1S/C12H11ClN4/c13-11-6-10-8-14-16-12(10)7-9(11)2-5-17-4-1-3-15-17/h1,3-4,6-8H,2,5H2,(H,14,16). The van der Waals surface area contributed by atoms with Crippen LogP contribution in [-0.2, 0) is 13.0 Å². The van der Waals surface area contributed by atoms with Gasteiger partial charge in [0, 0.05) is 29.3 Å². The molecule has 0 saturated carbocycles. The zero-order valence-corrected chi connectivity index (χ0v) is 9.85. The molecule has 0 fully saturated rings. The maximum absolute atomic E-state index is 6.23. The normalized spacial score (nSPS) is 11.1. The van der Waals surface area contributed by atoms with Crippen LogP contribution in [0, 0.1) is 0 Å². The number of halogens is 1. The van der Waals surface area contributed by atoms with Crippen molar-refractivity contribution in [2.45, 2.75) is 13.0 Å². The fourth-order valence-electron chi connectivity index (χ4n) is 1.87. The van der Waals surface area contributed by atoms with Gasteiger partial charge in [-0.3, -0.25) is 9.78 Å². The minimum absolute atomic E-state index is 0.783. The number of H-pyrrole nitrogens is 1. The Labute approximate surface area is 103 Å². The number of hydrogen-bond donors (Lipinski definition) is 1. The van der Waals surface area contributed by atoms with Crippen LogP contribution in [0.4, 0.5) is 0 Å². The lowest BCUT2D eigenvalue weighted by Gasteiger charge is -2.05. The highest BCUT2D eigenvalue weighted by Gasteiger charge is 2.05. The molecular weight excluding hydrogens is 236 g/mol. The van der Waals surface area contributed by atoms with Crippen LogP contribution >= 0.6 is 11.6 Å². The maximum Gasteiger partial charge on any atom is 0.0654 e. The molecule has 2 aromatic heterocycles. The Kier molecular flexibility index (Phi) is 2.57. The molecular formula is C12H11ClN4. The van der Waals surface area contributed by atoms with E-state index in [2.05, 4.69) is 15.3 Å². The second kappa shape index (κ2) is 4.22. The molecule has 5 heteroatoms. The molecule has 0 radical (unpaired) electrons. The van der Waals surface area contributed by atoms with Gasteiger partial charge >= 0.3 is 0 Å². The lowest BCUT2D eigenvalue weighted by molar-refractivity contribution is 0.615. The monoisotopic (exact) mass is 246 g/mol. The van der Waals surface area contributed by atoms with Gasteiger partial charge in [-0.15, -0.1) is 0 Å². The number of hydrogen-bond acceptors (Lipinski definition) is 2. The molecule has 17 heavy (non-hydrogen) atoms. The van der Waals surface area contributed by atoms with Crippen LogP contribution in [0.25, 0.3) is 10.9 Å². The van der Waals surface area contributed by atoms with E-state index < -0.39 is 0 Å². The van der Waals surface area contributed by atoms with Gasteiger partial charge in [0.15, 0.2) is 0 Å². The van der Waals surface area contributed by atoms with Crippen LogP contribution in [-0.4, -0.2) is 20.0 Å². The molecule has 3 rings (SSSR count). The molecule has 0 bridgehead atoms. The minimum atomic E-state index is 0.783. The molecule has 1 N–H and O–H groups in total. The topological polar surface area (TPSA) is 46.5 Å². The first-order valence-electron chi connectivity index (χ1n) is 5.42. The third-order valence-electron chi connectivity index (χ3n) is 2.78. The van der Waals surface area contributed by atoms with Crippen LogP contribution in [0.5, 0.6) is 0 Å². The van der Waals surface area contributed by atoms with Crippen molar-refractivity contribution in [2.24, 2.45) is 0 Å². The molecule has 0 aliphatic rings. The molecule has 0 atom stereocenters. The summed E-state index contributed by atoms with van der Waals surface area (Å²) in [7, 11) is 0. The van der Waals surface area contributed by atoms with Gasteiger partial charge in [0.25, 0.3) is 0 Å². The Bertz CT molecular complexity index is 627. The van der Waals surface area contributed by atoms with E-state index in [9.17, 15) is 0 Å². The first-order chi connectivity index (χ1) is 8.33. The number of aryl methyl sites for hydroxylation is 2. The SMILES string of the molecule is Clc1cc2cn[nH]c2cc1CCn1cccn1. The number of fused-ring (bicyclic) bond motifs is 1. The molecule has 1 aromatic carbocycles. The zero-order chi connectivity index (χ0) is 11.7. The quantitative estimate of drug-likeness (QED) is 0.772. The highest BCUT2D eigenvalue weighted by Crippen LogP contribution is 2.23. The summed E-state index contributed by atoms with van der Waals surface area (Å²) in [5, 5.41) is 12.9. The number of nitrogens with zero attached hydrogens (tertiary/aromatic N) is 3. The van der Waals surface area contributed by atoms with Gasteiger partial charge in [0.05, 0.1) is 11.7 Å². The predicted octanol–water partition coefficient (Wildman–Crippen LogP) is 2.66. The Balaban J connectivity index is 1.86. The average Bonchev–Trinajstić information content (AvgIpc) is 2.95. The van der Waals surface area contributed by atoms with Crippen LogP contribution in [0.2, 0.25) is 5.02 Å². The Hall–Kier alpha value is -1.81. The summed E-state index contributed by atoms with van der Waals surface area (Å²) in [5.41, 5.74) is 2.13. The molecule has 0 aliphatic heterocycles. The van der Waals surface area contributed by atoms with Crippen LogP contribution < -0.4 is 0 Å². The molecule has 0 spiro atoms. The summed E-state index contributed by atoms with van der Waals surface area (Å²) in [4.78, 5) is 0. The van der Waals surface area contributed by atoms with E-state index in [-0.39, 0.29) is 0 Å². The fraction of sp³-hybridized carbons (Fsp3) is 0.167. The van der Waals surface area contributed by atoms with E-state index >= 15 is 0 Å². The molecule has 0 aliphatic carbocycles. The molecule has 3 aromatic rings. The van der Waals surface area contributed by atoms with Gasteiger partial charge in [-0.25, -0.2) is 0 Å². The third kappa shape index (κ3) is 2.03. The van der Waals surface area contributed by atoms with E-state index in [1.807, 2.05) is 29.1 Å². The first kappa shape index (κ1) is 10.4. The number of rotatable bonds is 3. The number of benzene rings is 1. The lowest BCUT2D eigenvalue weighted by Crippen LogP contribution is -2.01. The van der Waals surface area contributed by atoms with E-state index in [0.717, 1.165) is 34.5 Å². The highest BCUT2D eigenvalue weighted by atomic mass is 35.5. The number of aromatic nitrogens is 4. The highest BCUT2D eigenvalue weighted by molar-refractivity contribution is 6.32. The van der Waals surface area contributed by atoms with Crippen molar-refractivity contribution in [3.8, 4) is 0 Å². The maximum atomic E-state index is 6.23. The van der Waals surface area contributed by atoms with Crippen molar-refractivity contribution >= 4 is 22.5 Å². The largest absolute Gasteiger partial charge is 0.278 e. The van der Waals surface area contributed by atoms with Crippen molar-refractivity contribution < 1.29 is 0 Å². The summed E-state index contributed by atoms with van der Waals surface area (Å²) in [6, 6.07) is 5.91. The Morgan fingerprint density at radius 1 is 1.35 bits per heavy atom. The van der Waals surface area contributed by atoms with Gasteiger partial charge in [-0.1, -0.05) is 11.6 Å². The fourth-order valence-corrected chi connectivity index (χ4v) is 2.13. The van der Waals surface area contributed by atoms with Crippen LogP contribution in [0.15, 0.2) is 36.8 Å². The molecule has 0 amide bonds. The molecule has 86 valence electrons. The lowest BCUT2D eigenvalue weighted by atomic mass is 10.1. The van der Waals surface area contributed by atoms with Gasteiger partial charge in [-0.2, -0.15) is 10.2 Å². The number of aromatic amines is 1. The first-order valence-corrected chi connectivity index (χ1v) is 5.79. The minimum Gasteiger partial charge on any atom is -0.278 e. The molecule has 0 unspecified atom stereocenters. The van der Waals surface area contributed by atoms with E-state index in [4.69, 9.17) is 11.6 Å². The molecule has 0 saturated heterocycles. The van der Waals surface area contributed by atoms with E-state index in [0.29, 0.717) is 0 Å². The van der Waals surface area contributed by atoms with Gasteiger partial charge in [0.1, 0.15) is 0 Å². The van der Waals surface area contributed by atoms with Gasteiger partial charge in [0.2, 0.25) is 0 Å². The summed E-state index contributed by atoms with van der Waals surface area (Å²) < 4.78 is 1.90. The van der Waals surface area contributed by atoms with Crippen molar-refractivity contribution in [2.75, 3.05) is 0 Å². The van der Waals surface area contributed by atoms with Gasteiger partial charge in [-0.05, 0) is 30.2 Å². The van der Waals surface area contributed by atoms with Crippen LogP contribution in [0.3, 0.4) is 0 Å². The molecule has 4 nitrogen and oxygen atoms in total. The van der Waals surface area contributed by atoms with E-state index in [1.54, 1.807) is 12.4 Å². The van der Waals surface area contributed by atoms with Crippen molar-refractivity contribution in [3.05, 3.63) is 47.4 Å². The second-order valence-corrected chi connectivity index (χ2v) is 4.33. The second-order valence-electron chi connectivity index (χ2n) is 3.92. The van der Waals surface area contributed by atoms with E-state index in [1.165, 1.54) is 0 Å². The summed E-state index contributed by atoms with van der Waals surface area (Å²) in [6.45, 7) is 0.826. The summed E-state index contributed by atoms with van der Waals surface area (Å²) in [6.07, 6.45) is 6.36. The predicted molar refractivity (Wildman–Crippen MR) is 67.0 cm³/mol. The van der Waals surface area contributed by atoms with Crippen molar-refractivity contribution in [3.63, 3.8) is 0 Å². The smallest absolute Gasteiger partial charge is 0.0654 e. The third-order valence-corrected chi connectivity index (χ3v) is 3.13. The van der Waals surface area contributed by atoms with Crippen molar-refractivity contribution in [1.29, 1.82) is 0 Å². The average molecular weight is 247 g/mol. The molecule has 2 heterocycles. The Morgan fingerprint density at radius 2 is 2.29 bits per heavy atom. The number of nitrogens with one attached hydrogen (secondary N) is 1. The van der Waals surface area contributed by atoms with Crippen LogP contribution in [0.1, 0.15) is 5.56 Å². The Morgan fingerprint density at radius 3 is 3.12 bits per heavy atom. The van der Waals surface area contributed by atoms with Crippen molar-refractivity contribution in [1.82, 2.24) is 20.0 Å². The zero-order valence-electron chi connectivity index (χ0n) is 9.10. The van der Waals surface area contributed by atoms with Gasteiger partial charge < -0.3 is 0 Å². The summed E-state index contributed by atoms with van der Waals surface area (Å²) >= 11 is 6.23.